The molecule has 1 atom stereocenters. The van der Waals surface area contributed by atoms with Crippen LogP contribution < -0.4 is 0 Å². The zero-order chi connectivity index (χ0) is 15.0. The second-order valence-corrected chi connectivity index (χ2v) is 6.38. The largest absolute Gasteiger partial charge is 0.320 e. The zero-order valence-electron chi connectivity index (χ0n) is 11.6. The Hall–Kier alpha value is -1.76. The highest BCUT2D eigenvalue weighted by molar-refractivity contribution is 9.10. The van der Waals surface area contributed by atoms with Gasteiger partial charge in [0.1, 0.15) is 12.2 Å². The van der Waals surface area contributed by atoms with E-state index in [1.165, 1.54) is 12.5 Å². The van der Waals surface area contributed by atoms with Crippen molar-refractivity contribution in [3.63, 3.8) is 0 Å². The van der Waals surface area contributed by atoms with Crippen LogP contribution in [0.25, 0.3) is 0 Å². The van der Waals surface area contributed by atoms with Crippen molar-refractivity contribution in [1.82, 2.24) is 14.8 Å². The molecule has 2 aromatic rings. The van der Waals surface area contributed by atoms with E-state index in [0.29, 0.717) is 5.92 Å². The van der Waals surface area contributed by atoms with Crippen LogP contribution >= 0.6 is 15.9 Å². The Bertz CT molecular complexity index is 681. The fourth-order valence-electron chi connectivity index (χ4n) is 2.86. The SMILES string of the molecule is Cn1cnnc1C(c1cc(Br)cc([N+](=O)[O-])c1)C1CCC1. The van der Waals surface area contributed by atoms with Crippen molar-refractivity contribution >= 4 is 21.6 Å². The molecule has 21 heavy (non-hydrogen) atoms. The molecule has 0 bridgehead atoms. The van der Waals surface area contributed by atoms with Crippen LogP contribution in [0, 0.1) is 16.0 Å². The van der Waals surface area contributed by atoms with Gasteiger partial charge in [-0.15, -0.1) is 10.2 Å². The molecule has 0 radical (unpaired) electrons. The highest BCUT2D eigenvalue weighted by atomic mass is 79.9. The van der Waals surface area contributed by atoms with Gasteiger partial charge in [0.25, 0.3) is 5.69 Å². The van der Waals surface area contributed by atoms with Gasteiger partial charge in [-0.3, -0.25) is 10.1 Å². The third-order valence-electron chi connectivity index (χ3n) is 4.12. The Morgan fingerprint density at radius 1 is 1.43 bits per heavy atom. The first kappa shape index (κ1) is 14.2. The van der Waals surface area contributed by atoms with E-state index in [-0.39, 0.29) is 16.5 Å². The minimum Gasteiger partial charge on any atom is -0.320 e. The van der Waals surface area contributed by atoms with Gasteiger partial charge < -0.3 is 4.57 Å². The van der Waals surface area contributed by atoms with E-state index < -0.39 is 0 Å². The summed E-state index contributed by atoms with van der Waals surface area (Å²) in [6, 6.07) is 5.13. The highest BCUT2D eigenvalue weighted by Crippen LogP contribution is 2.43. The lowest BCUT2D eigenvalue weighted by Gasteiger charge is -2.33. The minimum atomic E-state index is -0.358. The van der Waals surface area contributed by atoms with Gasteiger partial charge in [0.05, 0.1) is 4.92 Å². The molecule has 0 saturated heterocycles. The number of benzene rings is 1. The molecule has 6 nitrogen and oxygen atoms in total. The summed E-state index contributed by atoms with van der Waals surface area (Å²) < 4.78 is 2.62. The van der Waals surface area contributed by atoms with Crippen molar-refractivity contribution in [2.75, 3.05) is 0 Å². The Labute approximate surface area is 130 Å². The lowest BCUT2D eigenvalue weighted by molar-refractivity contribution is -0.385. The summed E-state index contributed by atoms with van der Waals surface area (Å²) in [5.41, 5.74) is 1.03. The Balaban J connectivity index is 2.08. The van der Waals surface area contributed by atoms with Crippen LogP contribution in [0.2, 0.25) is 0 Å². The molecule has 1 aromatic heterocycles. The second kappa shape index (κ2) is 5.55. The smallest absolute Gasteiger partial charge is 0.270 e. The van der Waals surface area contributed by atoms with E-state index in [1.54, 1.807) is 12.4 Å². The molecule has 1 aliphatic rings. The molecular weight excluding hydrogens is 336 g/mol. The standard InChI is InChI=1S/C14H15BrN4O2/c1-18-8-16-17-14(18)13(9-3-2-4-9)10-5-11(15)7-12(6-10)19(20)21/h5-9,13H,2-4H2,1H3. The summed E-state index contributed by atoms with van der Waals surface area (Å²) in [7, 11) is 1.91. The molecule has 7 heteroatoms. The normalized spacial score (nSPS) is 16.5. The molecule has 0 N–H and O–H groups in total. The molecule has 0 spiro atoms. The van der Waals surface area contributed by atoms with Crippen molar-refractivity contribution in [3.8, 4) is 0 Å². The Morgan fingerprint density at radius 2 is 2.19 bits per heavy atom. The monoisotopic (exact) mass is 350 g/mol. The predicted octanol–water partition coefficient (Wildman–Crippen LogP) is 3.42. The number of hydrogen-bond acceptors (Lipinski definition) is 4. The first-order chi connectivity index (χ1) is 10.1. The van der Waals surface area contributed by atoms with Gasteiger partial charge in [-0.25, -0.2) is 0 Å². The first-order valence-corrected chi connectivity index (χ1v) is 7.64. The molecule has 1 unspecified atom stereocenters. The van der Waals surface area contributed by atoms with Crippen LogP contribution in [0.15, 0.2) is 29.0 Å². The molecule has 0 aliphatic heterocycles. The summed E-state index contributed by atoms with van der Waals surface area (Å²) in [5.74, 6) is 1.40. The van der Waals surface area contributed by atoms with Crippen molar-refractivity contribution in [3.05, 3.63) is 50.5 Å². The molecule has 1 fully saturated rings. The maximum Gasteiger partial charge on any atom is 0.270 e. The number of nitro groups is 1. The molecule has 1 heterocycles. The number of rotatable bonds is 4. The zero-order valence-corrected chi connectivity index (χ0v) is 13.2. The van der Waals surface area contributed by atoms with Gasteiger partial charge in [-0.05, 0) is 30.4 Å². The first-order valence-electron chi connectivity index (χ1n) is 6.85. The average Bonchev–Trinajstić information content (AvgIpc) is 2.78. The Kier molecular flexibility index (Phi) is 3.75. The van der Waals surface area contributed by atoms with E-state index in [2.05, 4.69) is 26.1 Å². The highest BCUT2D eigenvalue weighted by Gasteiger charge is 2.33. The number of aryl methyl sites for hydroxylation is 1. The van der Waals surface area contributed by atoms with Crippen LogP contribution in [0.1, 0.15) is 36.6 Å². The van der Waals surface area contributed by atoms with Gasteiger partial charge >= 0.3 is 0 Å². The van der Waals surface area contributed by atoms with E-state index in [0.717, 1.165) is 28.7 Å². The predicted molar refractivity (Wildman–Crippen MR) is 81.0 cm³/mol. The van der Waals surface area contributed by atoms with Crippen molar-refractivity contribution in [1.29, 1.82) is 0 Å². The maximum atomic E-state index is 11.1. The maximum absolute atomic E-state index is 11.1. The van der Waals surface area contributed by atoms with Crippen LogP contribution in [-0.2, 0) is 7.05 Å². The lowest BCUT2D eigenvalue weighted by Crippen LogP contribution is -2.24. The molecule has 1 saturated carbocycles. The average molecular weight is 351 g/mol. The topological polar surface area (TPSA) is 73.8 Å². The molecule has 0 amide bonds. The van der Waals surface area contributed by atoms with Crippen molar-refractivity contribution < 1.29 is 4.92 Å². The van der Waals surface area contributed by atoms with Crippen LogP contribution in [0.5, 0.6) is 0 Å². The van der Waals surface area contributed by atoms with E-state index in [4.69, 9.17) is 0 Å². The van der Waals surface area contributed by atoms with E-state index in [1.807, 2.05) is 17.7 Å². The lowest BCUT2D eigenvalue weighted by atomic mass is 9.72. The Morgan fingerprint density at radius 3 is 2.71 bits per heavy atom. The molecule has 110 valence electrons. The van der Waals surface area contributed by atoms with Crippen LogP contribution in [0.4, 0.5) is 5.69 Å². The number of aromatic nitrogens is 3. The summed E-state index contributed by atoms with van der Waals surface area (Å²) >= 11 is 3.37. The number of non-ortho nitro benzene ring substituents is 1. The van der Waals surface area contributed by atoms with Gasteiger partial charge in [0, 0.05) is 29.6 Å². The van der Waals surface area contributed by atoms with Crippen LogP contribution in [0.3, 0.4) is 0 Å². The summed E-state index contributed by atoms with van der Waals surface area (Å²) in [5, 5.41) is 19.3. The van der Waals surface area contributed by atoms with Gasteiger partial charge in [-0.2, -0.15) is 0 Å². The molecule has 3 rings (SSSR count). The second-order valence-electron chi connectivity index (χ2n) is 5.47. The quantitative estimate of drug-likeness (QED) is 0.625. The van der Waals surface area contributed by atoms with Gasteiger partial charge in [0.2, 0.25) is 0 Å². The summed E-state index contributed by atoms with van der Waals surface area (Å²) in [6.45, 7) is 0. The van der Waals surface area contributed by atoms with Gasteiger partial charge in [-0.1, -0.05) is 22.4 Å². The van der Waals surface area contributed by atoms with Gasteiger partial charge in [0.15, 0.2) is 0 Å². The van der Waals surface area contributed by atoms with E-state index >= 15 is 0 Å². The number of nitro benzene ring substituents is 1. The fraction of sp³-hybridized carbons (Fsp3) is 0.429. The summed E-state index contributed by atoms with van der Waals surface area (Å²) in [6.07, 6.45) is 5.12. The number of nitrogens with zero attached hydrogens (tertiary/aromatic N) is 4. The molecule has 1 aliphatic carbocycles. The summed E-state index contributed by atoms with van der Waals surface area (Å²) in [4.78, 5) is 10.7. The van der Waals surface area contributed by atoms with Crippen molar-refractivity contribution in [2.45, 2.75) is 25.2 Å². The van der Waals surface area contributed by atoms with Crippen molar-refractivity contribution in [2.24, 2.45) is 13.0 Å². The van der Waals surface area contributed by atoms with Crippen LogP contribution in [-0.4, -0.2) is 19.7 Å². The third kappa shape index (κ3) is 2.70. The minimum absolute atomic E-state index is 0.0578. The molecular formula is C14H15BrN4O2. The molecule has 1 aromatic carbocycles. The number of hydrogen-bond donors (Lipinski definition) is 0. The van der Waals surface area contributed by atoms with E-state index in [9.17, 15) is 10.1 Å². The number of halogens is 1. The fourth-order valence-corrected chi connectivity index (χ4v) is 3.36. The third-order valence-corrected chi connectivity index (χ3v) is 4.58.